The first-order chi connectivity index (χ1) is 11.0. The molecule has 1 aromatic carbocycles. The third-order valence-electron chi connectivity index (χ3n) is 4.18. The van der Waals surface area contributed by atoms with Crippen LogP contribution in [-0.2, 0) is 6.42 Å². The number of carbonyl (C=O) groups is 2. The zero-order chi connectivity index (χ0) is 16.6. The Bertz CT molecular complexity index is 788. The largest absolute Gasteiger partial charge is 0.364 e. The molecule has 0 fully saturated rings. The van der Waals surface area contributed by atoms with Gasteiger partial charge in [0.25, 0.3) is 11.8 Å². The van der Waals surface area contributed by atoms with E-state index in [2.05, 4.69) is 40.4 Å². The van der Waals surface area contributed by atoms with Gasteiger partial charge in [0.1, 0.15) is 0 Å². The molecule has 6 nitrogen and oxygen atoms in total. The number of carbonyl (C=O) groups excluding carboxylic acids is 2. The first-order valence-corrected chi connectivity index (χ1v) is 7.48. The van der Waals surface area contributed by atoms with Crippen molar-refractivity contribution in [2.75, 3.05) is 0 Å². The molecule has 3 N–H and O–H groups in total. The van der Waals surface area contributed by atoms with Gasteiger partial charge in [0.05, 0.1) is 6.04 Å². The fraction of sp³-hybridized carbons (Fsp3) is 0.294. The first kappa shape index (κ1) is 15.1. The van der Waals surface area contributed by atoms with Crippen molar-refractivity contribution in [3.8, 4) is 0 Å². The highest BCUT2D eigenvalue weighted by atomic mass is 16.2. The Balaban J connectivity index is 1.90. The van der Waals surface area contributed by atoms with Gasteiger partial charge >= 0.3 is 0 Å². The Kier molecular flexibility index (Phi) is 3.82. The smallest absolute Gasteiger partial charge is 0.272 e. The van der Waals surface area contributed by atoms with E-state index in [1.165, 1.54) is 18.0 Å². The summed E-state index contributed by atoms with van der Waals surface area (Å²) in [6.45, 7) is 4.11. The van der Waals surface area contributed by atoms with Crippen molar-refractivity contribution in [2.45, 2.75) is 26.3 Å². The molecule has 2 atom stereocenters. The molecule has 0 saturated heterocycles. The highest BCUT2D eigenvalue weighted by molar-refractivity contribution is 6.04. The molecule has 23 heavy (non-hydrogen) atoms. The van der Waals surface area contributed by atoms with Crippen molar-refractivity contribution < 1.29 is 9.59 Å². The number of aromatic nitrogens is 2. The van der Waals surface area contributed by atoms with Crippen molar-refractivity contribution in [1.29, 1.82) is 0 Å². The van der Waals surface area contributed by atoms with E-state index < -0.39 is 11.8 Å². The van der Waals surface area contributed by atoms with Gasteiger partial charge in [-0.1, -0.05) is 30.7 Å². The second-order valence-electron chi connectivity index (χ2n) is 5.95. The minimum atomic E-state index is -0.765. The van der Waals surface area contributed by atoms with Crippen LogP contribution in [0.4, 0.5) is 0 Å². The average molecular weight is 310 g/mol. The molecule has 3 rings (SSSR count). The zero-order valence-corrected chi connectivity index (χ0v) is 13.0. The van der Waals surface area contributed by atoms with E-state index in [1.807, 2.05) is 6.92 Å². The summed E-state index contributed by atoms with van der Waals surface area (Å²) in [6.07, 6.45) is 3.62. The summed E-state index contributed by atoms with van der Waals surface area (Å²) in [5.74, 6) is -0.929. The van der Waals surface area contributed by atoms with E-state index in [9.17, 15) is 9.59 Å². The fourth-order valence-electron chi connectivity index (χ4n) is 3.08. The maximum absolute atomic E-state index is 12.5. The molecule has 0 aliphatic heterocycles. The van der Waals surface area contributed by atoms with Gasteiger partial charge in [0.2, 0.25) is 0 Å². The second kappa shape index (κ2) is 5.79. The van der Waals surface area contributed by atoms with E-state index in [4.69, 9.17) is 5.73 Å². The van der Waals surface area contributed by atoms with Crippen LogP contribution >= 0.6 is 0 Å². The maximum Gasteiger partial charge on any atom is 0.272 e. The van der Waals surface area contributed by atoms with E-state index in [0.29, 0.717) is 0 Å². The molecule has 1 aliphatic rings. The quantitative estimate of drug-likeness (QED) is 0.898. The SMILES string of the molecule is Cc1ccc2c(c1)[C@H](NC(=O)c1nccnc1C(N)=O)[C@@H](C)C2. The average Bonchev–Trinajstić information content (AvgIpc) is 2.83. The first-order valence-electron chi connectivity index (χ1n) is 7.48. The normalized spacial score (nSPS) is 19.2. The van der Waals surface area contributed by atoms with Crippen molar-refractivity contribution in [3.63, 3.8) is 0 Å². The number of nitrogens with one attached hydrogen (secondary N) is 1. The summed E-state index contributed by atoms with van der Waals surface area (Å²) in [5, 5.41) is 2.97. The van der Waals surface area contributed by atoms with Crippen LogP contribution in [-0.4, -0.2) is 21.8 Å². The number of benzene rings is 1. The molecular weight excluding hydrogens is 292 g/mol. The Morgan fingerprint density at radius 3 is 2.61 bits per heavy atom. The summed E-state index contributed by atoms with van der Waals surface area (Å²) in [4.78, 5) is 31.8. The van der Waals surface area contributed by atoms with Crippen LogP contribution < -0.4 is 11.1 Å². The van der Waals surface area contributed by atoms with Crippen molar-refractivity contribution in [2.24, 2.45) is 11.7 Å². The number of nitrogens with zero attached hydrogens (tertiary/aromatic N) is 2. The topological polar surface area (TPSA) is 98.0 Å². The summed E-state index contributed by atoms with van der Waals surface area (Å²) >= 11 is 0. The summed E-state index contributed by atoms with van der Waals surface area (Å²) in [5.41, 5.74) is 8.62. The minimum Gasteiger partial charge on any atom is -0.364 e. The van der Waals surface area contributed by atoms with Crippen LogP contribution in [0.2, 0.25) is 0 Å². The van der Waals surface area contributed by atoms with Gasteiger partial charge in [0.15, 0.2) is 11.4 Å². The van der Waals surface area contributed by atoms with E-state index in [0.717, 1.165) is 17.5 Å². The molecule has 1 heterocycles. The standard InChI is InChI=1S/C17H18N4O2/c1-9-3-4-11-8-10(2)13(12(11)7-9)21-17(23)15-14(16(18)22)19-5-6-20-15/h3-7,10,13H,8H2,1-2H3,(H2,18,22)(H,21,23)/t10-,13+/m0/s1. The maximum atomic E-state index is 12.5. The molecule has 0 saturated carbocycles. The molecule has 1 aliphatic carbocycles. The lowest BCUT2D eigenvalue weighted by atomic mass is 10.0. The number of primary amides is 1. The third-order valence-corrected chi connectivity index (χ3v) is 4.18. The van der Waals surface area contributed by atoms with Gasteiger partial charge in [-0.2, -0.15) is 0 Å². The highest BCUT2D eigenvalue weighted by Crippen LogP contribution is 2.36. The van der Waals surface area contributed by atoms with Crippen LogP contribution in [0, 0.1) is 12.8 Å². The fourth-order valence-corrected chi connectivity index (χ4v) is 3.08. The van der Waals surface area contributed by atoms with Crippen LogP contribution in [0.5, 0.6) is 0 Å². The van der Waals surface area contributed by atoms with Crippen LogP contribution in [0.1, 0.15) is 50.6 Å². The van der Waals surface area contributed by atoms with Crippen molar-refractivity contribution >= 4 is 11.8 Å². The zero-order valence-electron chi connectivity index (χ0n) is 13.0. The lowest BCUT2D eigenvalue weighted by Crippen LogP contribution is -2.33. The predicted octanol–water partition coefficient (Wildman–Crippen LogP) is 1.55. The number of hydrogen-bond acceptors (Lipinski definition) is 4. The number of hydrogen-bond donors (Lipinski definition) is 2. The Morgan fingerprint density at radius 2 is 1.91 bits per heavy atom. The molecular formula is C17H18N4O2. The molecule has 0 radical (unpaired) electrons. The molecule has 118 valence electrons. The number of aryl methyl sites for hydroxylation is 1. The molecule has 2 amide bonds. The van der Waals surface area contributed by atoms with E-state index >= 15 is 0 Å². The predicted molar refractivity (Wildman–Crippen MR) is 84.8 cm³/mol. The summed E-state index contributed by atoms with van der Waals surface area (Å²) in [7, 11) is 0. The van der Waals surface area contributed by atoms with Gasteiger partial charge in [0, 0.05) is 12.4 Å². The number of fused-ring (bicyclic) bond motifs is 1. The van der Waals surface area contributed by atoms with Crippen LogP contribution in [0.15, 0.2) is 30.6 Å². The van der Waals surface area contributed by atoms with Crippen molar-refractivity contribution in [1.82, 2.24) is 15.3 Å². The number of rotatable bonds is 3. The minimum absolute atomic E-state index is 0.0340. The van der Waals surface area contributed by atoms with Gasteiger partial charge in [-0.05, 0) is 30.4 Å². The molecule has 6 heteroatoms. The molecule has 0 unspecified atom stereocenters. The van der Waals surface area contributed by atoms with Gasteiger partial charge < -0.3 is 11.1 Å². The molecule has 0 spiro atoms. The second-order valence-corrected chi connectivity index (χ2v) is 5.95. The van der Waals surface area contributed by atoms with Crippen LogP contribution in [0.25, 0.3) is 0 Å². The Labute approximate surface area is 134 Å². The molecule has 2 aromatic rings. The van der Waals surface area contributed by atoms with Crippen molar-refractivity contribution in [3.05, 3.63) is 58.7 Å². The third kappa shape index (κ3) is 2.79. The Hall–Kier alpha value is -2.76. The summed E-state index contributed by atoms with van der Waals surface area (Å²) in [6, 6.07) is 6.16. The molecule has 1 aromatic heterocycles. The number of nitrogens with two attached hydrogens (primary N) is 1. The number of amides is 2. The summed E-state index contributed by atoms with van der Waals surface area (Å²) < 4.78 is 0. The van der Waals surface area contributed by atoms with Gasteiger partial charge in [-0.15, -0.1) is 0 Å². The van der Waals surface area contributed by atoms with Gasteiger partial charge in [-0.3, -0.25) is 9.59 Å². The monoisotopic (exact) mass is 310 g/mol. The molecule has 0 bridgehead atoms. The lowest BCUT2D eigenvalue weighted by molar-refractivity contribution is 0.0906. The van der Waals surface area contributed by atoms with E-state index in [-0.39, 0.29) is 23.3 Å². The van der Waals surface area contributed by atoms with E-state index in [1.54, 1.807) is 0 Å². The van der Waals surface area contributed by atoms with Crippen LogP contribution in [0.3, 0.4) is 0 Å². The Morgan fingerprint density at radius 1 is 1.22 bits per heavy atom. The lowest BCUT2D eigenvalue weighted by Gasteiger charge is -2.19. The highest BCUT2D eigenvalue weighted by Gasteiger charge is 2.32. The van der Waals surface area contributed by atoms with Gasteiger partial charge in [-0.25, -0.2) is 9.97 Å².